The largest absolute Gasteiger partial charge is 0.490 e. The highest BCUT2D eigenvalue weighted by Crippen LogP contribution is 2.48. The standard InChI is InChI=1S/C54H80O6/c1-49(2,3)40-21-33(22-41(50(4,5)6)46(40)58-30-36-27-55-36)19-20-39(34-23-42(51(7,8)9)47(59-31-37-28-56-37)43(24-34)52(10,11)12)35-25-44(53(13,14)15)48(60-32-38-29-57-38)45(26-35)54(16,17)18/h21-26,36-39H,19-20,27-32H2,1-18H3. The molecule has 0 radical (unpaired) electrons. The van der Waals surface area contributed by atoms with E-state index in [1.807, 2.05) is 0 Å². The van der Waals surface area contributed by atoms with Crippen LogP contribution in [0.5, 0.6) is 17.2 Å². The molecular weight excluding hydrogens is 745 g/mol. The molecule has 0 saturated carbocycles. The van der Waals surface area contributed by atoms with Gasteiger partial charge in [0.15, 0.2) is 0 Å². The maximum Gasteiger partial charge on any atom is 0.126 e. The fraction of sp³-hybridized carbons (Fsp3) is 0.667. The third kappa shape index (κ3) is 11.5. The van der Waals surface area contributed by atoms with Gasteiger partial charge in [-0.15, -0.1) is 0 Å². The van der Waals surface area contributed by atoms with E-state index in [4.69, 9.17) is 28.4 Å². The molecule has 0 aliphatic carbocycles. The zero-order valence-electron chi connectivity index (χ0n) is 40.9. The maximum absolute atomic E-state index is 6.78. The molecule has 3 aliphatic rings. The van der Waals surface area contributed by atoms with Crippen LogP contribution in [0.3, 0.4) is 0 Å². The van der Waals surface area contributed by atoms with Crippen molar-refractivity contribution in [3.05, 3.63) is 86.5 Å². The molecule has 3 aromatic rings. The number of epoxide rings is 3. The molecular formula is C54H80O6. The van der Waals surface area contributed by atoms with Gasteiger partial charge in [0.05, 0.1) is 19.8 Å². The van der Waals surface area contributed by atoms with Gasteiger partial charge in [-0.3, -0.25) is 0 Å². The highest BCUT2D eigenvalue weighted by Gasteiger charge is 2.36. The van der Waals surface area contributed by atoms with E-state index < -0.39 is 0 Å². The van der Waals surface area contributed by atoms with Crippen molar-refractivity contribution in [2.75, 3.05) is 39.6 Å². The van der Waals surface area contributed by atoms with Gasteiger partial charge in [-0.1, -0.05) is 161 Å². The van der Waals surface area contributed by atoms with Crippen LogP contribution in [0.15, 0.2) is 36.4 Å². The molecule has 0 bridgehead atoms. The Balaban J connectivity index is 1.57. The molecule has 6 rings (SSSR count). The van der Waals surface area contributed by atoms with Crippen LogP contribution in [0.25, 0.3) is 0 Å². The minimum absolute atomic E-state index is 0.0927. The molecule has 3 saturated heterocycles. The predicted molar refractivity (Wildman–Crippen MR) is 247 cm³/mol. The summed E-state index contributed by atoms with van der Waals surface area (Å²) in [5.41, 5.74) is 10.7. The summed E-state index contributed by atoms with van der Waals surface area (Å²) < 4.78 is 37.1. The van der Waals surface area contributed by atoms with Crippen molar-refractivity contribution in [3.63, 3.8) is 0 Å². The van der Waals surface area contributed by atoms with E-state index in [0.717, 1.165) is 49.9 Å². The van der Waals surface area contributed by atoms with E-state index in [2.05, 4.69) is 161 Å². The van der Waals surface area contributed by atoms with Crippen molar-refractivity contribution in [3.8, 4) is 17.2 Å². The molecule has 6 nitrogen and oxygen atoms in total. The second-order valence-electron chi connectivity index (χ2n) is 24.3. The summed E-state index contributed by atoms with van der Waals surface area (Å²) in [5, 5.41) is 0. The summed E-state index contributed by atoms with van der Waals surface area (Å²) in [5.74, 6) is 3.15. The Morgan fingerprint density at radius 3 is 0.867 bits per heavy atom. The minimum atomic E-state index is -0.152. The van der Waals surface area contributed by atoms with Gasteiger partial charge in [-0.25, -0.2) is 0 Å². The summed E-state index contributed by atoms with van der Waals surface area (Å²) in [6, 6.07) is 14.8. The zero-order chi connectivity index (χ0) is 44.4. The van der Waals surface area contributed by atoms with Gasteiger partial charge >= 0.3 is 0 Å². The molecule has 332 valence electrons. The van der Waals surface area contributed by atoms with E-state index in [-0.39, 0.29) is 56.7 Å². The summed E-state index contributed by atoms with van der Waals surface area (Å²) in [4.78, 5) is 0. The van der Waals surface area contributed by atoms with E-state index in [9.17, 15) is 0 Å². The Labute approximate surface area is 364 Å². The maximum atomic E-state index is 6.78. The lowest BCUT2D eigenvalue weighted by Crippen LogP contribution is -2.24. The van der Waals surface area contributed by atoms with Crippen LogP contribution in [-0.4, -0.2) is 58.0 Å². The van der Waals surface area contributed by atoms with E-state index in [1.165, 1.54) is 50.1 Å². The highest BCUT2D eigenvalue weighted by atomic mass is 16.6. The topological polar surface area (TPSA) is 65.3 Å². The molecule has 0 N–H and O–H groups in total. The second kappa shape index (κ2) is 16.6. The van der Waals surface area contributed by atoms with Crippen molar-refractivity contribution < 1.29 is 28.4 Å². The molecule has 3 aromatic carbocycles. The van der Waals surface area contributed by atoms with Gasteiger partial charge < -0.3 is 28.4 Å². The quantitative estimate of drug-likeness (QED) is 0.151. The lowest BCUT2D eigenvalue weighted by molar-refractivity contribution is 0.253. The Hall–Kier alpha value is -3.06. The van der Waals surface area contributed by atoms with Crippen LogP contribution in [0.1, 0.15) is 187 Å². The van der Waals surface area contributed by atoms with Crippen molar-refractivity contribution in [1.82, 2.24) is 0 Å². The van der Waals surface area contributed by atoms with Gasteiger partial charge in [0.25, 0.3) is 0 Å². The lowest BCUT2D eigenvalue weighted by atomic mass is 9.73. The van der Waals surface area contributed by atoms with Crippen LogP contribution in [0.2, 0.25) is 0 Å². The van der Waals surface area contributed by atoms with Crippen LogP contribution in [-0.2, 0) is 53.1 Å². The Bertz CT molecular complexity index is 1790. The second-order valence-corrected chi connectivity index (χ2v) is 24.3. The number of aryl methyl sites for hydroxylation is 1. The molecule has 3 aliphatic heterocycles. The van der Waals surface area contributed by atoms with E-state index >= 15 is 0 Å². The minimum Gasteiger partial charge on any atom is -0.490 e. The Morgan fingerprint density at radius 2 is 0.650 bits per heavy atom. The smallest absolute Gasteiger partial charge is 0.126 e. The van der Waals surface area contributed by atoms with Gasteiger partial charge in [0.1, 0.15) is 55.4 Å². The predicted octanol–water partition coefficient (Wildman–Crippen LogP) is 12.6. The van der Waals surface area contributed by atoms with Crippen molar-refractivity contribution in [2.45, 2.75) is 194 Å². The Morgan fingerprint density at radius 1 is 0.417 bits per heavy atom. The third-order valence-electron chi connectivity index (χ3n) is 12.2. The van der Waals surface area contributed by atoms with Crippen LogP contribution < -0.4 is 14.2 Å². The normalized spacial score (nSPS) is 20.2. The third-order valence-corrected chi connectivity index (χ3v) is 12.2. The molecule has 6 heteroatoms. The van der Waals surface area contributed by atoms with Gasteiger partial charge in [0.2, 0.25) is 0 Å². The molecule has 3 unspecified atom stereocenters. The first kappa shape index (κ1) is 46.4. The summed E-state index contributed by atoms with van der Waals surface area (Å²) in [7, 11) is 0. The number of hydrogen-bond acceptors (Lipinski definition) is 6. The van der Waals surface area contributed by atoms with Crippen molar-refractivity contribution in [1.29, 1.82) is 0 Å². The first-order chi connectivity index (χ1) is 27.5. The molecule has 3 heterocycles. The summed E-state index contributed by atoms with van der Waals surface area (Å²) >= 11 is 0. The average Bonchev–Trinajstić information content (AvgIpc) is 3.95. The van der Waals surface area contributed by atoms with Crippen LogP contribution in [0, 0.1) is 0 Å². The molecule has 3 fully saturated rings. The monoisotopic (exact) mass is 825 g/mol. The summed E-state index contributed by atoms with van der Waals surface area (Å²) in [6.45, 7) is 45.7. The summed E-state index contributed by atoms with van der Waals surface area (Å²) in [6.07, 6.45) is 2.37. The highest BCUT2D eigenvalue weighted by molar-refractivity contribution is 5.57. The first-order valence-electron chi connectivity index (χ1n) is 22.8. The number of rotatable bonds is 14. The molecule has 0 aromatic heterocycles. The molecule has 3 atom stereocenters. The van der Waals surface area contributed by atoms with Crippen molar-refractivity contribution >= 4 is 0 Å². The average molecular weight is 825 g/mol. The number of benzene rings is 3. The van der Waals surface area contributed by atoms with Crippen molar-refractivity contribution in [2.24, 2.45) is 0 Å². The van der Waals surface area contributed by atoms with Gasteiger partial charge in [-0.05, 0) is 62.0 Å². The van der Waals surface area contributed by atoms with E-state index in [1.54, 1.807) is 0 Å². The van der Waals surface area contributed by atoms with Gasteiger partial charge in [-0.2, -0.15) is 0 Å². The lowest BCUT2D eigenvalue weighted by Gasteiger charge is -2.34. The van der Waals surface area contributed by atoms with E-state index in [0.29, 0.717) is 19.8 Å². The zero-order valence-corrected chi connectivity index (χ0v) is 40.9. The van der Waals surface area contributed by atoms with Crippen LogP contribution in [0.4, 0.5) is 0 Å². The van der Waals surface area contributed by atoms with Gasteiger partial charge in [0, 0.05) is 39.3 Å². The first-order valence-corrected chi connectivity index (χ1v) is 22.8. The SMILES string of the molecule is CC(C)(C)c1cc(CCC(c2cc(C(C)(C)C)c(OCC3CO3)c(C(C)(C)C)c2)c2cc(C(C)(C)C)c(OCC3CO3)c(C(C)(C)C)c2)cc(C(C)(C)C)c1OCC1CO1. The number of ether oxygens (including phenoxy) is 6. The molecule has 0 amide bonds. The Kier molecular flexibility index (Phi) is 12.8. The fourth-order valence-electron chi connectivity index (χ4n) is 8.21. The fourth-order valence-corrected chi connectivity index (χ4v) is 8.21. The molecule has 60 heavy (non-hydrogen) atoms. The number of hydrogen-bond donors (Lipinski definition) is 0. The molecule has 0 spiro atoms. The van der Waals surface area contributed by atoms with Crippen LogP contribution >= 0.6 is 0 Å².